The minimum absolute atomic E-state index is 0.00609. The van der Waals surface area contributed by atoms with Crippen LogP contribution in [0.2, 0.25) is 0 Å². The summed E-state index contributed by atoms with van der Waals surface area (Å²) >= 11 is 0. The molecule has 1 aromatic heterocycles. The lowest BCUT2D eigenvalue weighted by Gasteiger charge is -2.12. The molecule has 7 heteroatoms. The summed E-state index contributed by atoms with van der Waals surface area (Å²) in [5.74, 6) is -1.24. The molecule has 0 saturated carbocycles. The Labute approximate surface area is 180 Å². The molecule has 0 aliphatic carbocycles. The summed E-state index contributed by atoms with van der Waals surface area (Å²) in [7, 11) is -3.94. The van der Waals surface area contributed by atoms with Crippen LogP contribution in [0, 0.1) is 0 Å². The van der Waals surface area contributed by atoms with Gasteiger partial charge in [-0.2, -0.15) is 4.72 Å². The molecule has 1 unspecified atom stereocenters. The highest BCUT2D eigenvalue weighted by Crippen LogP contribution is 2.32. The molecule has 0 fully saturated rings. The smallest absolute Gasteiger partial charge is 0.321 e. The van der Waals surface area contributed by atoms with Crippen LogP contribution in [0.1, 0.15) is 6.92 Å². The molecule has 0 radical (unpaired) electrons. The summed E-state index contributed by atoms with van der Waals surface area (Å²) < 4.78 is 27.0. The van der Waals surface area contributed by atoms with E-state index < -0.39 is 22.0 Å². The van der Waals surface area contributed by atoms with Crippen molar-refractivity contribution in [3.8, 4) is 22.4 Å². The van der Waals surface area contributed by atoms with E-state index in [-0.39, 0.29) is 4.90 Å². The minimum atomic E-state index is -3.94. The lowest BCUT2D eigenvalue weighted by molar-refractivity contribution is -0.138. The van der Waals surface area contributed by atoms with Crippen molar-refractivity contribution in [3.05, 3.63) is 84.9 Å². The van der Waals surface area contributed by atoms with Gasteiger partial charge >= 0.3 is 5.97 Å². The van der Waals surface area contributed by atoms with Gasteiger partial charge < -0.3 is 5.11 Å². The van der Waals surface area contributed by atoms with E-state index in [9.17, 15) is 13.2 Å². The SMILES string of the molecule is CC(NS(=O)(=O)c1ccc(-c2cc(-c3ccccc3)c3ccccc3n2)cc1)C(=O)O. The van der Waals surface area contributed by atoms with E-state index in [1.54, 1.807) is 12.1 Å². The first-order valence-corrected chi connectivity index (χ1v) is 11.1. The van der Waals surface area contributed by atoms with Crippen molar-refractivity contribution in [1.29, 1.82) is 0 Å². The van der Waals surface area contributed by atoms with Crippen LogP contribution < -0.4 is 4.72 Å². The summed E-state index contributed by atoms with van der Waals surface area (Å²) in [4.78, 5) is 15.7. The van der Waals surface area contributed by atoms with Gasteiger partial charge in [-0.15, -0.1) is 0 Å². The number of carbonyl (C=O) groups is 1. The van der Waals surface area contributed by atoms with Gasteiger partial charge in [0.25, 0.3) is 0 Å². The van der Waals surface area contributed by atoms with Gasteiger partial charge in [0.15, 0.2) is 0 Å². The number of para-hydroxylation sites is 1. The van der Waals surface area contributed by atoms with Gasteiger partial charge in [0.2, 0.25) is 10.0 Å². The topological polar surface area (TPSA) is 96.4 Å². The predicted molar refractivity (Wildman–Crippen MR) is 120 cm³/mol. The Balaban J connectivity index is 1.75. The maximum Gasteiger partial charge on any atom is 0.321 e. The molecule has 0 aliphatic rings. The number of nitrogens with zero attached hydrogens (tertiary/aromatic N) is 1. The van der Waals surface area contributed by atoms with E-state index in [0.29, 0.717) is 5.69 Å². The largest absolute Gasteiger partial charge is 0.480 e. The number of hydrogen-bond donors (Lipinski definition) is 2. The molecule has 1 atom stereocenters. The highest BCUT2D eigenvalue weighted by Gasteiger charge is 2.21. The van der Waals surface area contributed by atoms with Crippen LogP contribution in [0.5, 0.6) is 0 Å². The number of aromatic nitrogens is 1. The molecule has 156 valence electrons. The fourth-order valence-electron chi connectivity index (χ4n) is 3.34. The third-order valence-corrected chi connectivity index (χ3v) is 6.52. The third kappa shape index (κ3) is 4.33. The van der Waals surface area contributed by atoms with Crippen molar-refractivity contribution >= 4 is 26.9 Å². The second-order valence-corrected chi connectivity index (χ2v) is 8.86. The maximum absolute atomic E-state index is 12.4. The van der Waals surface area contributed by atoms with Crippen molar-refractivity contribution in [1.82, 2.24) is 9.71 Å². The van der Waals surface area contributed by atoms with Crippen LogP contribution in [0.4, 0.5) is 0 Å². The van der Waals surface area contributed by atoms with Crippen molar-refractivity contribution in [3.63, 3.8) is 0 Å². The number of pyridine rings is 1. The van der Waals surface area contributed by atoms with Gasteiger partial charge in [0, 0.05) is 10.9 Å². The molecule has 4 rings (SSSR count). The quantitative estimate of drug-likeness (QED) is 0.473. The Kier molecular flexibility index (Phi) is 5.54. The number of fused-ring (bicyclic) bond motifs is 1. The second kappa shape index (κ2) is 8.29. The molecule has 6 nitrogen and oxygen atoms in total. The molecule has 31 heavy (non-hydrogen) atoms. The van der Waals surface area contributed by atoms with Gasteiger partial charge in [-0.25, -0.2) is 13.4 Å². The standard InChI is InChI=1S/C24H20N2O4S/c1-16(24(27)28)26-31(29,30)19-13-11-18(12-14-19)23-15-21(17-7-3-2-4-8-17)20-9-5-6-10-22(20)25-23/h2-16,26H,1H3,(H,27,28). The molecule has 1 heterocycles. The van der Waals surface area contributed by atoms with E-state index >= 15 is 0 Å². The Hall–Kier alpha value is -3.55. The van der Waals surface area contributed by atoms with Crippen LogP contribution in [0.25, 0.3) is 33.3 Å². The van der Waals surface area contributed by atoms with Crippen LogP contribution in [-0.2, 0) is 14.8 Å². The molecular formula is C24H20N2O4S. The monoisotopic (exact) mass is 432 g/mol. The van der Waals surface area contributed by atoms with Crippen molar-refractivity contribution in [2.75, 3.05) is 0 Å². The highest BCUT2D eigenvalue weighted by atomic mass is 32.2. The fourth-order valence-corrected chi connectivity index (χ4v) is 4.53. The Morgan fingerprint density at radius 2 is 1.55 bits per heavy atom. The van der Waals surface area contributed by atoms with Crippen LogP contribution >= 0.6 is 0 Å². The number of aliphatic carboxylic acids is 1. The molecule has 0 spiro atoms. The Morgan fingerprint density at radius 1 is 0.903 bits per heavy atom. The maximum atomic E-state index is 12.4. The summed E-state index contributed by atoms with van der Waals surface area (Å²) in [6, 6.07) is 24.9. The first-order valence-electron chi connectivity index (χ1n) is 9.66. The van der Waals surface area contributed by atoms with E-state index in [0.717, 1.165) is 27.6 Å². The number of rotatable bonds is 6. The van der Waals surface area contributed by atoms with Gasteiger partial charge in [0.1, 0.15) is 6.04 Å². The zero-order chi connectivity index (χ0) is 22.0. The number of hydrogen-bond acceptors (Lipinski definition) is 4. The molecule has 0 aliphatic heterocycles. The summed E-state index contributed by atoms with van der Waals surface area (Å²) in [6.07, 6.45) is 0. The number of nitrogens with one attached hydrogen (secondary N) is 1. The van der Waals surface area contributed by atoms with E-state index in [2.05, 4.69) is 4.72 Å². The summed E-state index contributed by atoms with van der Waals surface area (Å²) in [6.45, 7) is 1.28. The molecule has 0 saturated heterocycles. The van der Waals surface area contributed by atoms with Crippen LogP contribution in [0.15, 0.2) is 89.8 Å². The second-order valence-electron chi connectivity index (χ2n) is 7.14. The lowest BCUT2D eigenvalue weighted by Crippen LogP contribution is -2.38. The van der Waals surface area contributed by atoms with E-state index in [1.807, 2.05) is 60.7 Å². The first-order chi connectivity index (χ1) is 14.8. The highest BCUT2D eigenvalue weighted by molar-refractivity contribution is 7.89. The van der Waals surface area contributed by atoms with Gasteiger partial charge in [0.05, 0.1) is 16.1 Å². The fraction of sp³-hybridized carbons (Fsp3) is 0.0833. The average Bonchev–Trinajstić information content (AvgIpc) is 2.78. The molecule has 0 bridgehead atoms. The molecule has 3 aromatic carbocycles. The van der Waals surface area contributed by atoms with Crippen LogP contribution in [0.3, 0.4) is 0 Å². The predicted octanol–water partition coefficient (Wildman–Crippen LogP) is 4.32. The molecule has 0 amide bonds. The Morgan fingerprint density at radius 3 is 2.23 bits per heavy atom. The molecule has 4 aromatic rings. The van der Waals surface area contributed by atoms with Crippen molar-refractivity contribution < 1.29 is 18.3 Å². The molecular weight excluding hydrogens is 412 g/mol. The average molecular weight is 433 g/mol. The summed E-state index contributed by atoms with van der Waals surface area (Å²) in [5.41, 5.74) is 4.41. The van der Waals surface area contributed by atoms with E-state index in [1.165, 1.54) is 19.1 Å². The van der Waals surface area contributed by atoms with Crippen molar-refractivity contribution in [2.24, 2.45) is 0 Å². The van der Waals surface area contributed by atoms with Gasteiger partial charge in [-0.3, -0.25) is 4.79 Å². The molecule has 2 N–H and O–H groups in total. The lowest BCUT2D eigenvalue weighted by atomic mass is 9.98. The normalized spacial score (nSPS) is 12.5. The number of carboxylic acid groups (broad SMARTS) is 1. The Bertz CT molecular complexity index is 1350. The summed E-state index contributed by atoms with van der Waals surface area (Å²) in [5, 5.41) is 9.99. The van der Waals surface area contributed by atoms with E-state index in [4.69, 9.17) is 10.1 Å². The van der Waals surface area contributed by atoms with Crippen LogP contribution in [-0.4, -0.2) is 30.5 Å². The first kappa shape index (κ1) is 20.7. The van der Waals surface area contributed by atoms with Crippen molar-refractivity contribution in [2.45, 2.75) is 17.9 Å². The number of sulfonamides is 1. The van der Waals surface area contributed by atoms with Gasteiger partial charge in [-0.05, 0) is 42.3 Å². The minimum Gasteiger partial charge on any atom is -0.480 e. The zero-order valence-electron chi connectivity index (χ0n) is 16.7. The number of benzene rings is 3. The number of carboxylic acids is 1. The van der Waals surface area contributed by atoms with Gasteiger partial charge in [-0.1, -0.05) is 60.7 Å². The zero-order valence-corrected chi connectivity index (χ0v) is 17.5. The third-order valence-electron chi connectivity index (χ3n) is 4.96.